The van der Waals surface area contributed by atoms with Crippen molar-refractivity contribution in [2.24, 2.45) is 0 Å². The van der Waals surface area contributed by atoms with Gasteiger partial charge in [-0.3, -0.25) is 0 Å². The minimum absolute atomic E-state index is 0.335. The third kappa shape index (κ3) is 2.64. The molecule has 2 aliphatic heterocycles. The molecule has 0 atom stereocenters. The van der Waals surface area contributed by atoms with Crippen molar-refractivity contribution in [2.45, 2.75) is 25.7 Å². The van der Waals surface area contributed by atoms with Crippen LogP contribution in [0.1, 0.15) is 25.7 Å². The van der Waals surface area contributed by atoms with Crippen LogP contribution in [0.25, 0.3) is 0 Å². The van der Waals surface area contributed by atoms with E-state index >= 15 is 0 Å². The molecular formula is C12H15BClNO4. The third-order valence-electron chi connectivity index (χ3n) is 3.10. The van der Waals surface area contributed by atoms with Gasteiger partial charge in [0.05, 0.1) is 25.4 Å². The topological polar surface area (TPSA) is 49.8 Å². The summed E-state index contributed by atoms with van der Waals surface area (Å²) in [4.78, 5) is 4.10. The first kappa shape index (κ1) is 13.3. The van der Waals surface area contributed by atoms with E-state index in [2.05, 4.69) is 4.98 Å². The number of rotatable bonds is 2. The van der Waals surface area contributed by atoms with Crippen LogP contribution in [0.15, 0.2) is 12.3 Å². The maximum absolute atomic E-state index is 6.20. The third-order valence-corrected chi connectivity index (χ3v) is 3.40. The van der Waals surface area contributed by atoms with Gasteiger partial charge in [0.1, 0.15) is 5.15 Å². The monoisotopic (exact) mass is 283 g/mol. The summed E-state index contributed by atoms with van der Waals surface area (Å²) >= 11 is 6.20. The number of hydrogen-bond acceptors (Lipinski definition) is 5. The Kier molecular flexibility index (Phi) is 3.53. The Balaban J connectivity index is 1.95. The molecule has 5 nitrogen and oxygen atoms in total. The lowest BCUT2D eigenvalue weighted by Crippen LogP contribution is -2.39. The summed E-state index contributed by atoms with van der Waals surface area (Å²) in [5.41, 5.74) is 1.18. The van der Waals surface area contributed by atoms with E-state index < -0.39 is 13.4 Å². The summed E-state index contributed by atoms with van der Waals surface area (Å²) < 4.78 is 22.6. The molecular weight excluding hydrogens is 268 g/mol. The minimum atomic E-state index is -0.529. The van der Waals surface area contributed by atoms with Gasteiger partial charge in [0.15, 0.2) is 6.29 Å². The lowest BCUT2D eigenvalue weighted by atomic mass is 9.77. The Morgan fingerprint density at radius 3 is 2.74 bits per heavy atom. The van der Waals surface area contributed by atoms with Crippen molar-refractivity contribution in [3.8, 4) is 0 Å². The predicted octanol–water partition coefficient (Wildman–Crippen LogP) is 1.30. The zero-order valence-electron chi connectivity index (χ0n) is 10.9. The average Bonchev–Trinajstić information content (AvgIpc) is 2.98. The predicted molar refractivity (Wildman–Crippen MR) is 70.4 cm³/mol. The van der Waals surface area contributed by atoms with Crippen molar-refractivity contribution in [1.82, 2.24) is 4.98 Å². The smallest absolute Gasteiger partial charge is 0.404 e. The number of aromatic nitrogens is 1. The standard InChI is InChI=1S/C12H15BClNO4/c1-12(2)7-18-13(19-12)9-8(3-4-15-10(9)14)11-16-5-6-17-11/h3-4,11H,5-7H2,1-2H3. The summed E-state index contributed by atoms with van der Waals surface area (Å²) in [6, 6.07) is 1.83. The molecule has 0 aromatic carbocycles. The second-order valence-corrected chi connectivity index (χ2v) is 5.56. The molecule has 1 aromatic heterocycles. The second-order valence-electron chi connectivity index (χ2n) is 5.20. The van der Waals surface area contributed by atoms with E-state index in [0.29, 0.717) is 30.4 Å². The fourth-order valence-electron chi connectivity index (χ4n) is 2.21. The molecule has 0 unspecified atom stereocenters. The van der Waals surface area contributed by atoms with E-state index in [0.717, 1.165) is 5.56 Å². The highest BCUT2D eigenvalue weighted by atomic mass is 35.5. The highest BCUT2D eigenvalue weighted by molar-refractivity contribution is 6.65. The molecule has 0 amide bonds. The molecule has 1 aromatic rings. The molecule has 3 heterocycles. The first-order chi connectivity index (χ1) is 9.07. The molecule has 19 heavy (non-hydrogen) atoms. The van der Waals surface area contributed by atoms with Gasteiger partial charge < -0.3 is 18.8 Å². The van der Waals surface area contributed by atoms with Crippen LogP contribution in [0.5, 0.6) is 0 Å². The van der Waals surface area contributed by atoms with Gasteiger partial charge in [-0.25, -0.2) is 4.98 Å². The molecule has 2 fully saturated rings. The average molecular weight is 284 g/mol. The normalized spacial score (nSPS) is 23.2. The van der Waals surface area contributed by atoms with Gasteiger partial charge in [0.25, 0.3) is 0 Å². The first-order valence-corrected chi connectivity index (χ1v) is 6.61. The van der Waals surface area contributed by atoms with Crippen LogP contribution in [-0.4, -0.2) is 37.5 Å². The quantitative estimate of drug-likeness (QED) is 0.605. The van der Waals surface area contributed by atoms with E-state index in [1.807, 2.05) is 19.9 Å². The molecule has 2 aliphatic rings. The molecule has 2 saturated heterocycles. The van der Waals surface area contributed by atoms with Crippen molar-refractivity contribution < 1.29 is 18.8 Å². The van der Waals surface area contributed by atoms with Crippen LogP contribution in [-0.2, 0) is 18.8 Å². The van der Waals surface area contributed by atoms with Crippen LogP contribution >= 0.6 is 11.6 Å². The second kappa shape index (κ2) is 5.03. The van der Waals surface area contributed by atoms with Gasteiger partial charge in [-0.1, -0.05) is 11.6 Å². The Labute approximate surface area is 117 Å². The van der Waals surface area contributed by atoms with E-state index in [-0.39, 0.29) is 5.60 Å². The number of ether oxygens (including phenoxy) is 2. The summed E-state index contributed by atoms with van der Waals surface area (Å²) in [6.45, 7) is 5.59. The van der Waals surface area contributed by atoms with Crippen molar-refractivity contribution in [3.63, 3.8) is 0 Å². The van der Waals surface area contributed by atoms with Crippen molar-refractivity contribution in [2.75, 3.05) is 19.8 Å². The molecule has 0 aliphatic carbocycles. The highest BCUT2D eigenvalue weighted by Crippen LogP contribution is 2.27. The van der Waals surface area contributed by atoms with E-state index in [1.165, 1.54) is 0 Å². The first-order valence-electron chi connectivity index (χ1n) is 6.24. The zero-order valence-corrected chi connectivity index (χ0v) is 11.6. The lowest BCUT2D eigenvalue weighted by molar-refractivity contribution is -0.0435. The molecule has 0 radical (unpaired) electrons. The van der Waals surface area contributed by atoms with Gasteiger partial charge in [0, 0.05) is 17.2 Å². The Morgan fingerprint density at radius 2 is 2.11 bits per heavy atom. The van der Waals surface area contributed by atoms with Gasteiger partial charge in [-0.2, -0.15) is 0 Å². The number of halogens is 1. The summed E-state index contributed by atoms with van der Waals surface area (Å²) in [5.74, 6) is 0. The van der Waals surface area contributed by atoms with Gasteiger partial charge in [-0.15, -0.1) is 0 Å². The Morgan fingerprint density at radius 1 is 1.37 bits per heavy atom. The molecule has 0 saturated carbocycles. The summed E-state index contributed by atoms with van der Waals surface area (Å²) in [5, 5.41) is 0.360. The van der Waals surface area contributed by atoms with E-state index in [1.54, 1.807) is 6.20 Å². The molecule has 0 spiro atoms. The van der Waals surface area contributed by atoms with Crippen LogP contribution in [0.3, 0.4) is 0 Å². The minimum Gasteiger partial charge on any atom is -0.404 e. The molecule has 3 rings (SSSR count). The Bertz CT molecular complexity index is 479. The fourth-order valence-corrected chi connectivity index (χ4v) is 2.47. The molecule has 0 N–H and O–H groups in total. The van der Waals surface area contributed by atoms with Crippen molar-refractivity contribution in [1.29, 1.82) is 0 Å². The number of pyridine rings is 1. The van der Waals surface area contributed by atoms with Crippen molar-refractivity contribution >= 4 is 24.2 Å². The van der Waals surface area contributed by atoms with E-state index in [4.69, 9.17) is 30.4 Å². The summed E-state index contributed by atoms with van der Waals surface area (Å²) in [7, 11) is -0.529. The van der Waals surface area contributed by atoms with Crippen molar-refractivity contribution in [3.05, 3.63) is 23.0 Å². The SMILES string of the molecule is CC1(C)COB(c2c(C3OCCO3)ccnc2Cl)O1. The largest absolute Gasteiger partial charge is 0.498 e. The van der Waals surface area contributed by atoms with Crippen LogP contribution in [0.4, 0.5) is 0 Å². The zero-order chi connectivity index (χ0) is 13.5. The maximum Gasteiger partial charge on any atom is 0.498 e. The van der Waals surface area contributed by atoms with Gasteiger partial charge in [0.2, 0.25) is 0 Å². The number of hydrogen-bond donors (Lipinski definition) is 0. The molecule has 0 bridgehead atoms. The molecule has 7 heteroatoms. The van der Waals surface area contributed by atoms with Gasteiger partial charge >= 0.3 is 7.12 Å². The number of nitrogens with zero attached hydrogens (tertiary/aromatic N) is 1. The highest BCUT2D eigenvalue weighted by Gasteiger charge is 2.42. The fraction of sp³-hybridized carbons (Fsp3) is 0.583. The van der Waals surface area contributed by atoms with Crippen LogP contribution in [0.2, 0.25) is 5.15 Å². The van der Waals surface area contributed by atoms with Crippen LogP contribution in [0, 0.1) is 0 Å². The molecule has 102 valence electrons. The lowest BCUT2D eigenvalue weighted by Gasteiger charge is -2.19. The van der Waals surface area contributed by atoms with Crippen LogP contribution < -0.4 is 5.46 Å². The summed E-state index contributed by atoms with van der Waals surface area (Å²) in [6.07, 6.45) is 1.21. The Hall–Kier alpha value is -0.655. The maximum atomic E-state index is 6.20. The van der Waals surface area contributed by atoms with Gasteiger partial charge in [-0.05, 0) is 19.9 Å². The van der Waals surface area contributed by atoms with E-state index in [9.17, 15) is 0 Å².